The maximum absolute atomic E-state index is 12.6. The number of nitrogens with zero attached hydrogens (tertiary/aromatic N) is 1. The number of phenolic OH excluding ortho intramolecular Hbond substituents is 1. The number of carbonyl (C=O) groups excluding carboxylic acids is 2. The summed E-state index contributed by atoms with van der Waals surface area (Å²) in [7, 11) is 0. The van der Waals surface area contributed by atoms with Crippen molar-refractivity contribution in [3.63, 3.8) is 0 Å². The molecule has 138 valence electrons. The molecule has 1 saturated heterocycles. The molecule has 1 aliphatic rings. The second-order valence-corrected chi connectivity index (χ2v) is 8.55. The molecule has 9 heteroatoms. The van der Waals surface area contributed by atoms with E-state index in [2.05, 4.69) is 21.2 Å². The van der Waals surface area contributed by atoms with Crippen LogP contribution in [0.5, 0.6) is 5.75 Å². The van der Waals surface area contributed by atoms with Crippen molar-refractivity contribution in [2.24, 2.45) is 0 Å². The fraction of sp³-hybridized carbons (Fsp3) is 0.0556. The number of hydrogen-bond acceptors (Lipinski definition) is 5. The number of amides is 2. The van der Waals surface area contributed by atoms with Crippen molar-refractivity contribution < 1.29 is 14.7 Å². The molecule has 3 rings (SSSR count). The molecule has 0 spiro atoms. The number of hydrogen-bond donors (Lipinski definition) is 2. The number of thioether (sulfide) groups is 1. The molecule has 2 amide bonds. The molecule has 27 heavy (non-hydrogen) atoms. The standard InChI is InChI=1S/C18H12BrClN2O3S2/c19-11-1-6-14(23)10(7-11)8-15-17(25)22(18(26)27-15)9-16(24)21-13-4-2-12(20)3-5-13/h1-8,23H,9H2,(H,21,24)/b15-8-. The summed E-state index contributed by atoms with van der Waals surface area (Å²) in [5, 5.41) is 13.2. The van der Waals surface area contributed by atoms with E-state index < -0.39 is 0 Å². The Balaban J connectivity index is 1.72. The van der Waals surface area contributed by atoms with Gasteiger partial charge in [-0.15, -0.1) is 0 Å². The van der Waals surface area contributed by atoms with Crippen molar-refractivity contribution >= 4 is 79.4 Å². The fourth-order valence-electron chi connectivity index (χ4n) is 2.30. The highest BCUT2D eigenvalue weighted by atomic mass is 79.9. The van der Waals surface area contributed by atoms with E-state index in [1.807, 2.05) is 0 Å². The normalized spacial score (nSPS) is 15.5. The summed E-state index contributed by atoms with van der Waals surface area (Å²) in [5.41, 5.74) is 1.06. The molecule has 2 aromatic carbocycles. The predicted octanol–water partition coefficient (Wildman–Crippen LogP) is 4.65. The molecule has 0 radical (unpaired) electrons. The minimum absolute atomic E-state index is 0.0453. The zero-order chi connectivity index (χ0) is 19.6. The van der Waals surface area contributed by atoms with Crippen LogP contribution in [0.15, 0.2) is 51.8 Å². The Morgan fingerprint density at radius 1 is 1.30 bits per heavy atom. The highest BCUT2D eigenvalue weighted by molar-refractivity contribution is 9.10. The molecule has 0 bridgehead atoms. The summed E-state index contributed by atoms with van der Waals surface area (Å²) in [6.45, 7) is -0.199. The lowest BCUT2D eigenvalue weighted by molar-refractivity contribution is -0.126. The van der Waals surface area contributed by atoms with Crippen molar-refractivity contribution in [1.29, 1.82) is 0 Å². The summed E-state index contributed by atoms with van der Waals surface area (Å²) >= 11 is 15.5. The van der Waals surface area contributed by atoms with E-state index in [4.69, 9.17) is 23.8 Å². The molecule has 1 aliphatic heterocycles. The van der Waals surface area contributed by atoms with Gasteiger partial charge in [0.25, 0.3) is 5.91 Å². The van der Waals surface area contributed by atoms with E-state index >= 15 is 0 Å². The van der Waals surface area contributed by atoms with Gasteiger partial charge in [0.05, 0.1) is 4.91 Å². The molecule has 5 nitrogen and oxygen atoms in total. The van der Waals surface area contributed by atoms with Gasteiger partial charge in [0.2, 0.25) is 5.91 Å². The highest BCUT2D eigenvalue weighted by Gasteiger charge is 2.33. The first-order valence-electron chi connectivity index (χ1n) is 7.63. The number of thiocarbonyl (C=S) groups is 1. The molecule has 0 atom stereocenters. The summed E-state index contributed by atoms with van der Waals surface area (Å²) in [4.78, 5) is 26.4. The lowest BCUT2D eigenvalue weighted by atomic mass is 10.2. The van der Waals surface area contributed by atoms with Crippen LogP contribution in [-0.2, 0) is 9.59 Å². The predicted molar refractivity (Wildman–Crippen MR) is 116 cm³/mol. The van der Waals surface area contributed by atoms with E-state index in [-0.39, 0.29) is 28.4 Å². The third-order valence-corrected chi connectivity index (χ3v) is 5.70. The highest BCUT2D eigenvalue weighted by Crippen LogP contribution is 2.34. The van der Waals surface area contributed by atoms with Gasteiger partial charge in [0.15, 0.2) is 0 Å². The first-order chi connectivity index (χ1) is 12.8. The van der Waals surface area contributed by atoms with E-state index in [0.29, 0.717) is 21.2 Å². The number of rotatable bonds is 4. The Labute approximate surface area is 178 Å². The third-order valence-electron chi connectivity index (χ3n) is 3.58. The van der Waals surface area contributed by atoms with Crippen LogP contribution in [0.2, 0.25) is 5.02 Å². The SMILES string of the molecule is O=C(CN1C(=O)/C(=C/c2cc(Br)ccc2O)SC1=S)Nc1ccc(Cl)cc1. The third kappa shape index (κ3) is 4.90. The monoisotopic (exact) mass is 482 g/mol. The largest absolute Gasteiger partial charge is 0.507 e. The Morgan fingerprint density at radius 3 is 2.70 bits per heavy atom. The van der Waals surface area contributed by atoms with Gasteiger partial charge in [-0.3, -0.25) is 14.5 Å². The summed E-state index contributed by atoms with van der Waals surface area (Å²) in [6.07, 6.45) is 1.55. The Kier molecular flexibility index (Phi) is 6.21. The quantitative estimate of drug-likeness (QED) is 0.489. The van der Waals surface area contributed by atoms with Gasteiger partial charge in [0.1, 0.15) is 16.6 Å². The summed E-state index contributed by atoms with van der Waals surface area (Å²) < 4.78 is 1.05. The van der Waals surface area contributed by atoms with Crippen LogP contribution in [0.4, 0.5) is 5.69 Å². The average Bonchev–Trinajstić information content (AvgIpc) is 2.87. The van der Waals surface area contributed by atoms with Gasteiger partial charge < -0.3 is 10.4 Å². The molecule has 2 N–H and O–H groups in total. The molecule has 1 fully saturated rings. The number of benzene rings is 2. The second-order valence-electron chi connectivity index (χ2n) is 5.53. The minimum Gasteiger partial charge on any atom is -0.507 e. The van der Waals surface area contributed by atoms with E-state index in [9.17, 15) is 14.7 Å². The molecule has 0 aromatic heterocycles. The summed E-state index contributed by atoms with van der Waals surface area (Å²) in [6, 6.07) is 11.6. The molecule has 0 saturated carbocycles. The van der Waals surface area contributed by atoms with Crippen LogP contribution in [0.3, 0.4) is 0 Å². The van der Waals surface area contributed by atoms with Gasteiger partial charge in [-0.2, -0.15) is 0 Å². The maximum Gasteiger partial charge on any atom is 0.266 e. The Morgan fingerprint density at radius 2 is 2.00 bits per heavy atom. The topological polar surface area (TPSA) is 69.6 Å². The van der Waals surface area contributed by atoms with Crippen molar-refractivity contribution in [2.75, 3.05) is 11.9 Å². The van der Waals surface area contributed by atoms with Crippen LogP contribution in [0, 0.1) is 0 Å². The van der Waals surface area contributed by atoms with Gasteiger partial charge in [-0.25, -0.2) is 0 Å². The lowest BCUT2D eigenvalue weighted by Gasteiger charge is -2.14. The Hall–Kier alpha value is -1.87. The van der Waals surface area contributed by atoms with Crippen molar-refractivity contribution in [3.05, 3.63) is 62.4 Å². The van der Waals surface area contributed by atoms with Crippen LogP contribution in [0.25, 0.3) is 6.08 Å². The van der Waals surface area contributed by atoms with Crippen LogP contribution in [-0.4, -0.2) is 32.7 Å². The van der Waals surface area contributed by atoms with E-state index in [0.717, 1.165) is 16.2 Å². The molecular formula is C18H12BrClN2O3S2. The van der Waals surface area contributed by atoms with Gasteiger partial charge in [-0.05, 0) is 48.5 Å². The first-order valence-corrected chi connectivity index (χ1v) is 10.0. The molecule has 1 heterocycles. The lowest BCUT2D eigenvalue weighted by Crippen LogP contribution is -2.36. The smallest absolute Gasteiger partial charge is 0.266 e. The number of aromatic hydroxyl groups is 1. The Bertz CT molecular complexity index is 964. The zero-order valence-corrected chi connectivity index (χ0v) is 17.6. The fourth-order valence-corrected chi connectivity index (χ4v) is 4.05. The average molecular weight is 484 g/mol. The molecule has 0 aliphatic carbocycles. The number of nitrogens with one attached hydrogen (secondary N) is 1. The number of phenols is 1. The molecule has 2 aromatic rings. The number of halogens is 2. The van der Waals surface area contributed by atoms with Gasteiger partial charge >= 0.3 is 0 Å². The molecule has 0 unspecified atom stereocenters. The van der Waals surface area contributed by atoms with Crippen molar-refractivity contribution in [1.82, 2.24) is 4.90 Å². The zero-order valence-electron chi connectivity index (χ0n) is 13.6. The molecular weight excluding hydrogens is 472 g/mol. The first kappa shape index (κ1) is 19.9. The minimum atomic E-state index is -0.379. The van der Waals surface area contributed by atoms with E-state index in [1.54, 1.807) is 42.5 Å². The van der Waals surface area contributed by atoms with Crippen molar-refractivity contribution in [3.8, 4) is 5.75 Å². The van der Waals surface area contributed by atoms with E-state index in [1.165, 1.54) is 11.0 Å². The second kappa shape index (κ2) is 8.43. The summed E-state index contributed by atoms with van der Waals surface area (Å²) in [5.74, 6) is -0.709. The maximum atomic E-state index is 12.6. The van der Waals surface area contributed by atoms with Gasteiger partial charge in [0, 0.05) is 20.7 Å². The van der Waals surface area contributed by atoms with Crippen LogP contribution < -0.4 is 5.32 Å². The van der Waals surface area contributed by atoms with Crippen LogP contribution >= 0.6 is 51.5 Å². The number of anilines is 1. The number of carbonyl (C=O) groups is 2. The van der Waals surface area contributed by atoms with Crippen LogP contribution in [0.1, 0.15) is 5.56 Å². The van der Waals surface area contributed by atoms with Gasteiger partial charge in [-0.1, -0.05) is 51.5 Å². The van der Waals surface area contributed by atoms with Crippen molar-refractivity contribution in [2.45, 2.75) is 0 Å².